The molecule has 1 fully saturated rings. The van der Waals surface area contributed by atoms with Crippen LogP contribution in [0.3, 0.4) is 0 Å². The highest BCUT2D eigenvalue weighted by molar-refractivity contribution is 5.04. The van der Waals surface area contributed by atoms with Gasteiger partial charge in [0.05, 0.1) is 17.8 Å². The number of nitrogens with zero attached hydrogens (tertiary/aromatic N) is 2. The molecule has 1 N–H and O–H groups in total. The second kappa shape index (κ2) is 5.19. The largest absolute Gasteiger partial charge is 0.298 e. The summed E-state index contributed by atoms with van der Waals surface area (Å²) in [7, 11) is 0. The van der Waals surface area contributed by atoms with Gasteiger partial charge >= 0.3 is 0 Å². The third-order valence-corrected chi connectivity index (χ3v) is 3.15. The van der Waals surface area contributed by atoms with Crippen LogP contribution in [0.5, 0.6) is 0 Å². The van der Waals surface area contributed by atoms with Crippen molar-refractivity contribution in [2.45, 2.75) is 64.6 Å². The van der Waals surface area contributed by atoms with E-state index in [0.29, 0.717) is 6.10 Å². The number of rotatable bonds is 4. The van der Waals surface area contributed by atoms with Crippen molar-refractivity contribution >= 4 is 0 Å². The Morgan fingerprint density at radius 3 is 2.71 bits per heavy atom. The van der Waals surface area contributed by atoms with Crippen LogP contribution >= 0.6 is 0 Å². The molecule has 0 aromatic carbocycles. The fraction of sp³-hybridized carbons (Fsp3) is 0.769. The standard InChI is InChI=1S/C13H23N3O/c1-13(2,3)16-10-11(8-14-16)9-15-17-12-6-4-5-7-12/h8,10,12,15H,4-7,9H2,1-3H3. The molecule has 0 amide bonds. The van der Waals surface area contributed by atoms with Crippen LogP contribution in [-0.4, -0.2) is 15.9 Å². The quantitative estimate of drug-likeness (QED) is 0.818. The van der Waals surface area contributed by atoms with Crippen LogP contribution in [0.4, 0.5) is 0 Å². The van der Waals surface area contributed by atoms with Crippen molar-refractivity contribution in [1.82, 2.24) is 15.3 Å². The molecule has 96 valence electrons. The smallest absolute Gasteiger partial charge is 0.0790 e. The monoisotopic (exact) mass is 237 g/mol. The van der Waals surface area contributed by atoms with Gasteiger partial charge in [-0.25, -0.2) is 0 Å². The van der Waals surface area contributed by atoms with E-state index in [1.54, 1.807) is 0 Å². The Morgan fingerprint density at radius 2 is 2.12 bits per heavy atom. The van der Waals surface area contributed by atoms with E-state index in [2.05, 4.69) is 37.5 Å². The van der Waals surface area contributed by atoms with E-state index in [1.807, 2.05) is 10.9 Å². The van der Waals surface area contributed by atoms with Gasteiger partial charge in [0, 0.05) is 18.3 Å². The summed E-state index contributed by atoms with van der Waals surface area (Å²) < 4.78 is 1.99. The van der Waals surface area contributed by atoms with Gasteiger partial charge in [-0.3, -0.25) is 9.52 Å². The highest BCUT2D eigenvalue weighted by Crippen LogP contribution is 2.20. The molecule has 0 spiro atoms. The minimum Gasteiger partial charge on any atom is -0.298 e. The summed E-state index contributed by atoms with van der Waals surface area (Å²) in [6.07, 6.45) is 9.36. The average molecular weight is 237 g/mol. The van der Waals surface area contributed by atoms with E-state index in [4.69, 9.17) is 4.84 Å². The molecule has 0 saturated heterocycles. The normalized spacial score (nSPS) is 17.8. The first-order chi connectivity index (χ1) is 8.05. The van der Waals surface area contributed by atoms with Gasteiger partial charge in [-0.2, -0.15) is 10.6 Å². The topological polar surface area (TPSA) is 39.1 Å². The lowest BCUT2D eigenvalue weighted by molar-refractivity contribution is -0.0244. The zero-order valence-electron chi connectivity index (χ0n) is 11.1. The molecule has 1 heterocycles. The summed E-state index contributed by atoms with van der Waals surface area (Å²) in [5, 5.41) is 4.36. The summed E-state index contributed by atoms with van der Waals surface area (Å²) in [5.41, 5.74) is 4.27. The first-order valence-electron chi connectivity index (χ1n) is 6.48. The fourth-order valence-corrected chi connectivity index (χ4v) is 2.07. The fourth-order valence-electron chi connectivity index (χ4n) is 2.07. The predicted molar refractivity (Wildman–Crippen MR) is 67.4 cm³/mol. The molecule has 1 saturated carbocycles. The Hall–Kier alpha value is -0.870. The molecule has 17 heavy (non-hydrogen) atoms. The number of hydroxylamine groups is 1. The zero-order valence-corrected chi connectivity index (χ0v) is 11.1. The maximum absolute atomic E-state index is 5.61. The van der Waals surface area contributed by atoms with E-state index < -0.39 is 0 Å². The number of aromatic nitrogens is 2. The van der Waals surface area contributed by atoms with Crippen LogP contribution in [0.1, 0.15) is 52.0 Å². The second-order valence-corrected chi connectivity index (χ2v) is 5.81. The van der Waals surface area contributed by atoms with Gasteiger partial charge in [-0.05, 0) is 33.6 Å². The van der Waals surface area contributed by atoms with Gasteiger partial charge in [0.2, 0.25) is 0 Å². The van der Waals surface area contributed by atoms with Crippen molar-refractivity contribution in [3.05, 3.63) is 18.0 Å². The van der Waals surface area contributed by atoms with Crippen LogP contribution in [0.15, 0.2) is 12.4 Å². The van der Waals surface area contributed by atoms with Crippen LogP contribution < -0.4 is 5.48 Å². The Morgan fingerprint density at radius 1 is 1.41 bits per heavy atom. The van der Waals surface area contributed by atoms with Crippen LogP contribution in [0.2, 0.25) is 0 Å². The summed E-state index contributed by atoms with van der Waals surface area (Å²) in [6.45, 7) is 7.16. The van der Waals surface area contributed by atoms with Crippen molar-refractivity contribution in [3.63, 3.8) is 0 Å². The first kappa shape index (κ1) is 12.6. The molecule has 1 aromatic rings. The second-order valence-electron chi connectivity index (χ2n) is 5.81. The maximum atomic E-state index is 5.61. The van der Waals surface area contributed by atoms with Crippen molar-refractivity contribution in [2.24, 2.45) is 0 Å². The summed E-state index contributed by atoms with van der Waals surface area (Å²) in [6, 6.07) is 0. The molecule has 1 aliphatic rings. The summed E-state index contributed by atoms with van der Waals surface area (Å²) in [4.78, 5) is 5.61. The third kappa shape index (κ3) is 3.54. The Bertz CT molecular complexity index is 348. The van der Waals surface area contributed by atoms with Gasteiger partial charge in [-0.15, -0.1) is 0 Å². The molecule has 4 nitrogen and oxygen atoms in total. The maximum Gasteiger partial charge on any atom is 0.0790 e. The van der Waals surface area contributed by atoms with Gasteiger partial charge in [0.25, 0.3) is 0 Å². The molecule has 0 unspecified atom stereocenters. The highest BCUT2D eigenvalue weighted by atomic mass is 16.7. The molecule has 1 aromatic heterocycles. The molecular weight excluding hydrogens is 214 g/mol. The van der Waals surface area contributed by atoms with Crippen molar-refractivity contribution in [2.75, 3.05) is 0 Å². The van der Waals surface area contributed by atoms with Crippen molar-refractivity contribution in [3.8, 4) is 0 Å². The Balaban J connectivity index is 1.77. The summed E-state index contributed by atoms with van der Waals surface area (Å²) >= 11 is 0. The Kier molecular flexibility index (Phi) is 3.84. The van der Waals surface area contributed by atoms with Crippen LogP contribution in [0, 0.1) is 0 Å². The molecule has 0 bridgehead atoms. The molecule has 2 rings (SSSR count). The predicted octanol–water partition coefficient (Wildman–Crippen LogP) is 2.60. The van der Waals surface area contributed by atoms with E-state index >= 15 is 0 Å². The molecule has 1 aliphatic carbocycles. The van der Waals surface area contributed by atoms with Gasteiger partial charge in [0.15, 0.2) is 0 Å². The van der Waals surface area contributed by atoms with E-state index in [-0.39, 0.29) is 5.54 Å². The molecule has 0 atom stereocenters. The van der Waals surface area contributed by atoms with Crippen LogP contribution in [-0.2, 0) is 16.9 Å². The lowest BCUT2D eigenvalue weighted by Crippen LogP contribution is -2.22. The van der Waals surface area contributed by atoms with E-state index in [0.717, 1.165) is 12.1 Å². The minimum absolute atomic E-state index is 0.0462. The summed E-state index contributed by atoms with van der Waals surface area (Å²) in [5.74, 6) is 0. The number of nitrogens with one attached hydrogen (secondary N) is 1. The molecule has 0 radical (unpaired) electrons. The lowest BCUT2D eigenvalue weighted by atomic mass is 10.1. The Labute approximate surface area is 103 Å². The third-order valence-electron chi connectivity index (χ3n) is 3.15. The number of hydrogen-bond donors (Lipinski definition) is 1. The average Bonchev–Trinajstić information content (AvgIpc) is 2.86. The molecule has 0 aliphatic heterocycles. The van der Waals surface area contributed by atoms with Crippen molar-refractivity contribution < 1.29 is 4.84 Å². The lowest BCUT2D eigenvalue weighted by Gasteiger charge is -2.18. The van der Waals surface area contributed by atoms with Gasteiger partial charge < -0.3 is 0 Å². The molecular formula is C13H23N3O. The number of hydrogen-bond acceptors (Lipinski definition) is 3. The van der Waals surface area contributed by atoms with Crippen LogP contribution in [0.25, 0.3) is 0 Å². The minimum atomic E-state index is 0.0462. The van der Waals surface area contributed by atoms with Gasteiger partial charge in [-0.1, -0.05) is 12.8 Å². The van der Waals surface area contributed by atoms with E-state index in [9.17, 15) is 0 Å². The highest BCUT2D eigenvalue weighted by Gasteiger charge is 2.16. The zero-order chi connectivity index (χ0) is 12.3. The first-order valence-corrected chi connectivity index (χ1v) is 6.48. The van der Waals surface area contributed by atoms with Crippen molar-refractivity contribution in [1.29, 1.82) is 0 Å². The SMILES string of the molecule is CC(C)(C)n1cc(CNOC2CCCC2)cn1. The van der Waals surface area contributed by atoms with E-state index in [1.165, 1.54) is 25.7 Å². The molecule has 4 heteroatoms. The van der Waals surface area contributed by atoms with Gasteiger partial charge in [0.1, 0.15) is 0 Å².